The van der Waals surface area contributed by atoms with Crippen LogP contribution in [0, 0.1) is 0 Å². The average Bonchev–Trinajstić information content (AvgIpc) is 3.55. The minimum atomic E-state index is 0.510. The van der Waals surface area contributed by atoms with E-state index in [0.29, 0.717) is 30.3 Å². The second-order valence-electron chi connectivity index (χ2n) is 8.11. The summed E-state index contributed by atoms with van der Waals surface area (Å²) in [4.78, 5) is 15.5. The fourth-order valence-corrected chi connectivity index (χ4v) is 4.66. The number of benzene rings is 1. The van der Waals surface area contributed by atoms with Crippen LogP contribution in [0.3, 0.4) is 0 Å². The third kappa shape index (κ3) is 3.31. The molecule has 2 fully saturated rings. The van der Waals surface area contributed by atoms with E-state index in [4.69, 9.17) is 9.84 Å². The minimum absolute atomic E-state index is 0.510. The predicted molar refractivity (Wildman–Crippen MR) is 123 cm³/mol. The Labute approximate surface area is 185 Å². The molecule has 9 heteroatoms. The summed E-state index contributed by atoms with van der Waals surface area (Å²) in [6.07, 6.45) is 8.03. The van der Waals surface area contributed by atoms with Gasteiger partial charge in [-0.15, -0.1) is 5.10 Å². The molecule has 9 nitrogen and oxygen atoms in total. The zero-order valence-corrected chi connectivity index (χ0v) is 17.8. The van der Waals surface area contributed by atoms with Gasteiger partial charge in [-0.05, 0) is 31.5 Å². The standard InChI is InChI=1S/C23H24N8O/c1-2-32-18-3-4-19-20(11-18)31(29-23(19)28-21-13-24-7-8-25-21)16-5-6-26-22(10-16)30-14-15-9-17(30)12-27-15/h3-8,10-11,13,15,17,27H,2,9,12,14H2,1H3,(H,25,28,29)/t15-,17-/m0/s1. The largest absolute Gasteiger partial charge is 0.494 e. The van der Waals surface area contributed by atoms with Crippen molar-refractivity contribution in [1.29, 1.82) is 0 Å². The quantitative estimate of drug-likeness (QED) is 0.484. The van der Waals surface area contributed by atoms with Crippen molar-refractivity contribution in [1.82, 2.24) is 30.0 Å². The molecule has 2 aliphatic heterocycles. The first-order chi connectivity index (χ1) is 15.8. The first-order valence-corrected chi connectivity index (χ1v) is 10.9. The number of piperazine rings is 1. The molecule has 2 bridgehead atoms. The third-order valence-corrected chi connectivity index (χ3v) is 6.10. The zero-order valence-electron chi connectivity index (χ0n) is 17.8. The Kier molecular flexibility index (Phi) is 4.61. The molecule has 0 saturated carbocycles. The molecule has 2 atom stereocenters. The second kappa shape index (κ2) is 7.76. The molecule has 0 aliphatic carbocycles. The van der Waals surface area contributed by atoms with Crippen LogP contribution < -0.4 is 20.3 Å². The van der Waals surface area contributed by atoms with Gasteiger partial charge >= 0.3 is 0 Å². The van der Waals surface area contributed by atoms with Crippen molar-refractivity contribution >= 4 is 28.4 Å². The van der Waals surface area contributed by atoms with Crippen molar-refractivity contribution in [3.05, 3.63) is 55.1 Å². The van der Waals surface area contributed by atoms with Gasteiger partial charge in [0.05, 0.1) is 24.0 Å². The molecule has 0 amide bonds. The number of fused-ring (bicyclic) bond motifs is 3. The second-order valence-corrected chi connectivity index (χ2v) is 8.11. The van der Waals surface area contributed by atoms with E-state index in [0.717, 1.165) is 41.2 Å². The van der Waals surface area contributed by atoms with Crippen molar-refractivity contribution in [3.8, 4) is 11.4 Å². The predicted octanol–water partition coefficient (Wildman–Crippen LogP) is 2.90. The van der Waals surface area contributed by atoms with Crippen LogP contribution in [0.2, 0.25) is 0 Å². The molecule has 4 aromatic rings. The summed E-state index contributed by atoms with van der Waals surface area (Å²) >= 11 is 0. The van der Waals surface area contributed by atoms with E-state index < -0.39 is 0 Å². The minimum Gasteiger partial charge on any atom is -0.494 e. The van der Waals surface area contributed by atoms with Crippen molar-refractivity contribution < 1.29 is 4.74 Å². The molecule has 32 heavy (non-hydrogen) atoms. The first kappa shape index (κ1) is 19.0. The van der Waals surface area contributed by atoms with Crippen molar-refractivity contribution in [3.63, 3.8) is 0 Å². The lowest BCUT2D eigenvalue weighted by atomic mass is 10.2. The van der Waals surface area contributed by atoms with Gasteiger partial charge in [-0.2, -0.15) is 0 Å². The van der Waals surface area contributed by atoms with Crippen molar-refractivity contribution in [2.45, 2.75) is 25.4 Å². The van der Waals surface area contributed by atoms with Gasteiger partial charge in [0.1, 0.15) is 17.4 Å². The summed E-state index contributed by atoms with van der Waals surface area (Å²) < 4.78 is 7.70. The summed E-state index contributed by atoms with van der Waals surface area (Å²) in [6, 6.07) is 11.2. The Morgan fingerprint density at radius 2 is 2.12 bits per heavy atom. The molecule has 0 unspecified atom stereocenters. The monoisotopic (exact) mass is 428 g/mol. The van der Waals surface area contributed by atoms with E-state index in [-0.39, 0.29) is 0 Å². The lowest BCUT2D eigenvalue weighted by Gasteiger charge is -2.28. The van der Waals surface area contributed by atoms with Gasteiger partial charge in [-0.1, -0.05) is 0 Å². The summed E-state index contributed by atoms with van der Waals surface area (Å²) in [5.74, 6) is 3.16. The summed E-state index contributed by atoms with van der Waals surface area (Å²) in [7, 11) is 0. The van der Waals surface area contributed by atoms with E-state index in [1.54, 1.807) is 18.6 Å². The number of aromatic nitrogens is 5. The van der Waals surface area contributed by atoms with E-state index in [2.05, 4.69) is 36.6 Å². The number of hydrogen-bond donors (Lipinski definition) is 2. The Hall–Kier alpha value is -3.72. The lowest BCUT2D eigenvalue weighted by Crippen LogP contribution is -2.44. The van der Waals surface area contributed by atoms with E-state index in [9.17, 15) is 0 Å². The SMILES string of the molecule is CCOc1ccc2c(Nc3cnccn3)nn(-c3ccnc(N4C[C@@H]5C[C@H]4CN5)c3)c2c1. The number of rotatable bonds is 6. The van der Waals surface area contributed by atoms with Gasteiger partial charge in [-0.3, -0.25) is 4.98 Å². The van der Waals surface area contributed by atoms with Gasteiger partial charge in [-0.25, -0.2) is 14.6 Å². The molecule has 0 spiro atoms. The first-order valence-electron chi connectivity index (χ1n) is 10.9. The molecular weight excluding hydrogens is 404 g/mol. The molecule has 3 aromatic heterocycles. The van der Waals surface area contributed by atoms with Crippen LogP contribution in [0.4, 0.5) is 17.5 Å². The molecule has 0 radical (unpaired) electrons. The number of anilines is 3. The fourth-order valence-electron chi connectivity index (χ4n) is 4.66. The molecule has 6 rings (SSSR count). The van der Waals surface area contributed by atoms with Gasteiger partial charge in [0.25, 0.3) is 0 Å². The molecule has 2 N–H and O–H groups in total. The molecule has 5 heterocycles. The number of ether oxygens (including phenoxy) is 1. The number of nitrogens with one attached hydrogen (secondary N) is 2. The van der Waals surface area contributed by atoms with Gasteiger partial charge < -0.3 is 20.3 Å². The van der Waals surface area contributed by atoms with Crippen LogP contribution in [0.5, 0.6) is 5.75 Å². The zero-order chi connectivity index (χ0) is 21.5. The van der Waals surface area contributed by atoms with Gasteiger partial charge in [0.15, 0.2) is 5.82 Å². The summed E-state index contributed by atoms with van der Waals surface area (Å²) in [5, 5.41) is 12.7. The maximum atomic E-state index is 5.76. The van der Waals surface area contributed by atoms with Crippen LogP contribution >= 0.6 is 0 Å². The van der Waals surface area contributed by atoms with Crippen LogP contribution in [0.1, 0.15) is 13.3 Å². The normalized spacial score (nSPS) is 19.6. The Morgan fingerprint density at radius 3 is 2.91 bits per heavy atom. The lowest BCUT2D eigenvalue weighted by molar-refractivity contribution is 0.340. The van der Waals surface area contributed by atoms with Crippen molar-refractivity contribution in [2.75, 3.05) is 29.9 Å². The van der Waals surface area contributed by atoms with Crippen LogP contribution in [0.25, 0.3) is 16.6 Å². The maximum absolute atomic E-state index is 5.76. The molecule has 1 aromatic carbocycles. The van der Waals surface area contributed by atoms with E-state index >= 15 is 0 Å². The van der Waals surface area contributed by atoms with Gasteiger partial charge in [0.2, 0.25) is 0 Å². The molecular formula is C23H24N8O. The molecule has 2 aliphatic rings. The van der Waals surface area contributed by atoms with Crippen molar-refractivity contribution in [2.24, 2.45) is 0 Å². The Balaban J connectivity index is 1.43. The number of pyridine rings is 1. The smallest absolute Gasteiger partial charge is 0.162 e. The topological polar surface area (TPSA) is 93.0 Å². The maximum Gasteiger partial charge on any atom is 0.162 e. The highest BCUT2D eigenvalue weighted by molar-refractivity contribution is 5.93. The average molecular weight is 429 g/mol. The molecule has 162 valence electrons. The van der Waals surface area contributed by atoms with Gasteiger partial charge in [0, 0.05) is 61.3 Å². The third-order valence-electron chi connectivity index (χ3n) is 6.10. The van der Waals surface area contributed by atoms with Crippen LogP contribution in [-0.2, 0) is 0 Å². The highest BCUT2D eigenvalue weighted by Gasteiger charge is 2.38. The van der Waals surface area contributed by atoms with Crippen LogP contribution in [-0.4, -0.2) is 56.5 Å². The number of nitrogens with zero attached hydrogens (tertiary/aromatic N) is 6. The summed E-state index contributed by atoms with van der Waals surface area (Å²) in [6.45, 7) is 4.60. The van der Waals surface area contributed by atoms with Crippen LogP contribution in [0.15, 0.2) is 55.1 Å². The highest BCUT2D eigenvalue weighted by Crippen LogP contribution is 2.33. The van der Waals surface area contributed by atoms with E-state index in [1.807, 2.05) is 42.1 Å². The highest BCUT2D eigenvalue weighted by atomic mass is 16.5. The fraction of sp³-hybridized carbons (Fsp3) is 0.304. The summed E-state index contributed by atoms with van der Waals surface area (Å²) in [5.41, 5.74) is 1.90. The number of hydrogen-bond acceptors (Lipinski definition) is 8. The van der Waals surface area contributed by atoms with E-state index in [1.165, 1.54) is 6.42 Å². The Morgan fingerprint density at radius 1 is 1.16 bits per heavy atom. The molecule has 2 saturated heterocycles. The Bertz CT molecular complexity index is 1260.